The van der Waals surface area contributed by atoms with E-state index in [1.54, 1.807) is 16.8 Å². The number of rotatable bonds is 3. The van der Waals surface area contributed by atoms with Crippen LogP contribution in [0.15, 0.2) is 41.1 Å². The van der Waals surface area contributed by atoms with E-state index in [0.717, 1.165) is 16.8 Å². The molecule has 0 radical (unpaired) electrons. The molecule has 0 aliphatic carbocycles. The number of halogens is 1. The lowest BCUT2D eigenvalue weighted by Gasteiger charge is -1.98. The van der Waals surface area contributed by atoms with Gasteiger partial charge >= 0.3 is 0 Å². The first kappa shape index (κ1) is 13.3. The minimum Gasteiger partial charge on any atom is -0.360 e. The van der Waals surface area contributed by atoms with Gasteiger partial charge in [-0.2, -0.15) is 5.10 Å². The van der Waals surface area contributed by atoms with Crippen molar-refractivity contribution < 1.29 is 8.91 Å². The highest BCUT2D eigenvalue weighted by Crippen LogP contribution is 2.27. The zero-order valence-electron chi connectivity index (χ0n) is 11.7. The van der Waals surface area contributed by atoms with Gasteiger partial charge in [0.1, 0.15) is 17.3 Å². The lowest BCUT2D eigenvalue weighted by molar-refractivity contribution is 0.399. The second-order valence-corrected chi connectivity index (χ2v) is 4.76. The lowest BCUT2D eigenvalue weighted by atomic mass is 10.1. The molecule has 0 N–H and O–H groups in total. The fourth-order valence-corrected chi connectivity index (χ4v) is 2.08. The molecule has 0 aliphatic heterocycles. The highest BCUT2D eigenvalue weighted by molar-refractivity contribution is 5.78. The normalized spacial score (nSPS) is 11.4. The first-order valence-electron chi connectivity index (χ1n) is 6.53. The summed E-state index contributed by atoms with van der Waals surface area (Å²) < 4.78 is 20.0. The first-order chi connectivity index (χ1) is 10.1. The van der Waals surface area contributed by atoms with Crippen LogP contribution in [0.1, 0.15) is 17.0 Å². The molecule has 0 unspecified atom stereocenters. The molecule has 5 heteroatoms. The molecule has 21 heavy (non-hydrogen) atoms. The van der Waals surface area contributed by atoms with Crippen LogP contribution in [0.4, 0.5) is 4.39 Å². The second kappa shape index (κ2) is 5.36. The molecular formula is C16H14FN3O. The minimum absolute atomic E-state index is 0.274. The maximum Gasteiger partial charge on any atom is 0.141 e. The third kappa shape index (κ3) is 2.76. The topological polar surface area (TPSA) is 43.9 Å². The predicted octanol–water partition coefficient (Wildman–Crippen LogP) is 3.69. The van der Waals surface area contributed by atoms with E-state index in [0.29, 0.717) is 11.5 Å². The van der Waals surface area contributed by atoms with E-state index in [-0.39, 0.29) is 5.82 Å². The molecule has 2 aromatic heterocycles. The van der Waals surface area contributed by atoms with Crippen LogP contribution in [0, 0.1) is 12.7 Å². The summed E-state index contributed by atoms with van der Waals surface area (Å²) in [6, 6.07) is 8.10. The van der Waals surface area contributed by atoms with E-state index < -0.39 is 0 Å². The summed E-state index contributed by atoms with van der Waals surface area (Å²) >= 11 is 0. The summed E-state index contributed by atoms with van der Waals surface area (Å²) in [6.07, 6.45) is 5.68. The fraction of sp³-hybridized carbons (Fsp3) is 0.125. The first-order valence-corrected chi connectivity index (χ1v) is 6.53. The maximum absolute atomic E-state index is 13.0. The van der Waals surface area contributed by atoms with Crippen LogP contribution in [-0.2, 0) is 7.05 Å². The van der Waals surface area contributed by atoms with E-state index >= 15 is 0 Å². The van der Waals surface area contributed by atoms with Crippen LogP contribution >= 0.6 is 0 Å². The molecule has 0 fully saturated rings. The Balaban J connectivity index is 1.97. The molecule has 0 bridgehead atoms. The molecule has 0 amide bonds. The smallest absolute Gasteiger partial charge is 0.141 e. The highest BCUT2D eigenvalue weighted by atomic mass is 19.1. The molecule has 0 saturated carbocycles. The van der Waals surface area contributed by atoms with Crippen molar-refractivity contribution in [2.45, 2.75) is 6.92 Å². The number of aromatic nitrogens is 3. The third-order valence-electron chi connectivity index (χ3n) is 3.18. The van der Waals surface area contributed by atoms with Crippen molar-refractivity contribution in [2.24, 2.45) is 7.05 Å². The van der Waals surface area contributed by atoms with E-state index in [9.17, 15) is 4.39 Å². The Morgan fingerprint density at radius 1 is 1.14 bits per heavy atom. The predicted molar refractivity (Wildman–Crippen MR) is 78.8 cm³/mol. The monoisotopic (exact) mass is 283 g/mol. The zero-order chi connectivity index (χ0) is 14.8. The second-order valence-electron chi connectivity index (χ2n) is 4.76. The van der Waals surface area contributed by atoms with E-state index in [1.165, 1.54) is 12.1 Å². The zero-order valence-corrected chi connectivity index (χ0v) is 11.7. The van der Waals surface area contributed by atoms with Crippen molar-refractivity contribution in [1.82, 2.24) is 14.9 Å². The van der Waals surface area contributed by atoms with Gasteiger partial charge in [-0.25, -0.2) is 4.39 Å². The largest absolute Gasteiger partial charge is 0.360 e. The summed E-state index contributed by atoms with van der Waals surface area (Å²) in [5, 5.41) is 8.34. The van der Waals surface area contributed by atoms with Crippen LogP contribution in [0.5, 0.6) is 0 Å². The molecule has 0 aliphatic rings. The minimum atomic E-state index is -0.274. The van der Waals surface area contributed by atoms with Gasteiger partial charge in [-0.3, -0.25) is 4.68 Å². The van der Waals surface area contributed by atoms with Gasteiger partial charge in [0.15, 0.2) is 0 Å². The molecule has 0 spiro atoms. The standard InChI is InChI=1S/C16H14FN3O/c1-11-15(8-7-14-9-10-20(2)18-14)16(19-21-11)12-3-5-13(17)6-4-12/h3-10H,1-2H3/b8-7+. The fourth-order valence-electron chi connectivity index (χ4n) is 2.08. The third-order valence-corrected chi connectivity index (χ3v) is 3.18. The van der Waals surface area contributed by atoms with Crippen molar-refractivity contribution in [3.8, 4) is 11.3 Å². The van der Waals surface area contributed by atoms with Gasteiger partial charge in [0.25, 0.3) is 0 Å². The molecule has 106 valence electrons. The maximum atomic E-state index is 13.0. The molecule has 4 nitrogen and oxygen atoms in total. The van der Waals surface area contributed by atoms with Crippen LogP contribution in [0.3, 0.4) is 0 Å². The molecule has 2 heterocycles. The van der Waals surface area contributed by atoms with E-state index in [1.807, 2.05) is 38.4 Å². The van der Waals surface area contributed by atoms with Crippen LogP contribution in [0.25, 0.3) is 23.4 Å². The number of benzene rings is 1. The summed E-state index contributed by atoms with van der Waals surface area (Å²) in [5.74, 6) is 0.436. The van der Waals surface area contributed by atoms with Gasteiger partial charge < -0.3 is 4.52 Å². The van der Waals surface area contributed by atoms with Crippen molar-refractivity contribution in [3.05, 3.63) is 59.4 Å². The van der Waals surface area contributed by atoms with Gasteiger partial charge in [0, 0.05) is 24.4 Å². The van der Waals surface area contributed by atoms with Crippen molar-refractivity contribution in [3.63, 3.8) is 0 Å². The van der Waals surface area contributed by atoms with Gasteiger partial charge in [-0.1, -0.05) is 5.16 Å². The molecule has 1 aromatic carbocycles. The van der Waals surface area contributed by atoms with Crippen LogP contribution in [-0.4, -0.2) is 14.9 Å². The summed E-state index contributed by atoms with van der Waals surface area (Å²) in [7, 11) is 1.87. The number of hydrogen-bond donors (Lipinski definition) is 0. The van der Waals surface area contributed by atoms with E-state index in [4.69, 9.17) is 4.52 Å². The van der Waals surface area contributed by atoms with Gasteiger partial charge in [-0.05, 0) is 49.4 Å². The van der Waals surface area contributed by atoms with Crippen molar-refractivity contribution >= 4 is 12.2 Å². The lowest BCUT2D eigenvalue weighted by Crippen LogP contribution is -1.87. The Morgan fingerprint density at radius 3 is 2.57 bits per heavy atom. The quantitative estimate of drug-likeness (QED) is 0.736. The van der Waals surface area contributed by atoms with Crippen molar-refractivity contribution in [2.75, 3.05) is 0 Å². The van der Waals surface area contributed by atoms with Crippen LogP contribution in [0.2, 0.25) is 0 Å². The Kier molecular flexibility index (Phi) is 3.39. The van der Waals surface area contributed by atoms with Gasteiger partial charge in [0.05, 0.1) is 5.69 Å². The molecule has 3 rings (SSSR count). The highest BCUT2D eigenvalue weighted by Gasteiger charge is 2.12. The number of nitrogens with zero attached hydrogens (tertiary/aromatic N) is 3. The molecule has 0 atom stereocenters. The molecule has 3 aromatic rings. The number of hydrogen-bond acceptors (Lipinski definition) is 3. The Labute approximate surface area is 121 Å². The summed E-state index contributed by atoms with van der Waals surface area (Å²) in [5.41, 5.74) is 3.23. The number of aryl methyl sites for hydroxylation is 2. The SMILES string of the molecule is Cc1onc(-c2ccc(F)cc2)c1/C=C/c1ccn(C)n1. The summed E-state index contributed by atoms with van der Waals surface area (Å²) in [6.45, 7) is 1.85. The Morgan fingerprint density at radius 2 is 1.90 bits per heavy atom. The summed E-state index contributed by atoms with van der Waals surface area (Å²) in [4.78, 5) is 0. The van der Waals surface area contributed by atoms with Gasteiger partial charge in [0.2, 0.25) is 0 Å². The molecular weight excluding hydrogens is 269 g/mol. The van der Waals surface area contributed by atoms with Gasteiger partial charge in [-0.15, -0.1) is 0 Å². The Bertz CT molecular complexity index is 784. The average Bonchev–Trinajstić information content (AvgIpc) is 3.04. The Hall–Kier alpha value is -2.69. The van der Waals surface area contributed by atoms with Crippen molar-refractivity contribution in [1.29, 1.82) is 0 Å². The molecule has 0 saturated heterocycles. The average molecular weight is 283 g/mol. The van der Waals surface area contributed by atoms with E-state index in [2.05, 4.69) is 10.3 Å². The van der Waals surface area contributed by atoms with Crippen LogP contribution < -0.4 is 0 Å².